The predicted molar refractivity (Wildman–Crippen MR) is 261 cm³/mol. The highest BCUT2D eigenvalue weighted by Gasteiger charge is 2.19. The highest BCUT2D eigenvalue weighted by molar-refractivity contribution is 5.71. The fourth-order valence-corrected chi connectivity index (χ4v) is 7.31. The van der Waals surface area contributed by atoms with E-state index in [0.29, 0.717) is 25.7 Å². The van der Waals surface area contributed by atoms with E-state index < -0.39 is 6.10 Å². The average molecular weight is 855 g/mol. The summed E-state index contributed by atoms with van der Waals surface area (Å²) in [5.74, 6) is -0.936. The van der Waals surface area contributed by atoms with E-state index in [4.69, 9.17) is 14.2 Å². The molecule has 6 nitrogen and oxygen atoms in total. The van der Waals surface area contributed by atoms with E-state index in [0.717, 1.165) is 64.2 Å². The van der Waals surface area contributed by atoms with Gasteiger partial charge in [0.15, 0.2) is 6.10 Å². The maximum absolute atomic E-state index is 12.8. The van der Waals surface area contributed by atoms with Crippen molar-refractivity contribution in [3.8, 4) is 0 Å². The SMILES string of the molecule is CCCCC/C=C\C=C/CCCCCCCCC(=O)OC(COC(=O)CCC/C=C\CCCCCC)COC(=O)CCCCCCCCC/C=C\CCCCCCCCCC. The normalized spacial score (nSPS) is 12.4. The van der Waals surface area contributed by atoms with Gasteiger partial charge in [-0.1, -0.05) is 204 Å². The van der Waals surface area contributed by atoms with Gasteiger partial charge in [0.2, 0.25) is 0 Å². The number of allylic oxidation sites excluding steroid dienone is 8. The summed E-state index contributed by atoms with van der Waals surface area (Å²) < 4.78 is 16.7. The number of hydrogen-bond acceptors (Lipinski definition) is 6. The fourth-order valence-electron chi connectivity index (χ4n) is 7.31. The second kappa shape index (κ2) is 50.0. The number of hydrogen-bond donors (Lipinski definition) is 0. The van der Waals surface area contributed by atoms with Gasteiger partial charge in [0.1, 0.15) is 13.2 Å². The number of ether oxygens (including phenoxy) is 3. The smallest absolute Gasteiger partial charge is 0.306 e. The van der Waals surface area contributed by atoms with Gasteiger partial charge < -0.3 is 14.2 Å². The zero-order valence-electron chi connectivity index (χ0n) is 40.4. The molecule has 0 rings (SSSR count). The van der Waals surface area contributed by atoms with Gasteiger partial charge in [0.25, 0.3) is 0 Å². The summed E-state index contributed by atoms with van der Waals surface area (Å²) in [6.07, 6.45) is 59.6. The maximum atomic E-state index is 12.8. The number of carbonyl (C=O) groups excluding carboxylic acids is 3. The van der Waals surface area contributed by atoms with Crippen LogP contribution in [0.3, 0.4) is 0 Å². The highest BCUT2D eigenvalue weighted by atomic mass is 16.6. The number of rotatable bonds is 47. The van der Waals surface area contributed by atoms with E-state index >= 15 is 0 Å². The van der Waals surface area contributed by atoms with Crippen LogP contribution in [0.15, 0.2) is 48.6 Å². The fraction of sp³-hybridized carbons (Fsp3) is 0.800. The topological polar surface area (TPSA) is 78.9 Å². The molecule has 0 heterocycles. The number of unbranched alkanes of at least 4 members (excludes halogenated alkanes) is 29. The maximum Gasteiger partial charge on any atom is 0.306 e. The second-order valence-electron chi connectivity index (χ2n) is 17.5. The van der Waals surface area contributed by atoms with Crippen LogP contribution >= 0.6 is 0 Å². The summed E-state index contributed by atoms with van der Waals surface area (Å²) in [4.78, 5) is 37.9. The summed E-state index contributed by atoms with van der Waals surface area (Å²) in [5.41, 5.74) is 0. The molecular formula is C55H98O6. The lowest BCUT2D eigenvalue weighted by molar-refractivity contribution is -0.167. The van der Waals surface area contributed by atoms with E-state index in [1.807, 2.05) is 0 Å². The van der Waals surface area contributed by atoms with Crippen LogP contribution in [0.4, 0.5) is 0 Å². The summed E-state index contributed by atoms with van der Waals surface area (Å²) in [6, 6.07) is 0. The van der Waals surface area contributed by atoms with E-state index in [1.165, 1.54) is 154 Å². The van der Waals surface area contributed by atoms with Crippen molar-refractivity contribution < 1.29 is 28.6 Å². The molecular weight excluding hydrogens is 757 g/mol. The van der Waals surface area contributed by atoms with Crippen LogP contribution in [-0.2, 0) is 28.6 Å². The quantitative estimate of drug-likeness (QED) is 0.0199. The zero-order valence-corrected chi connectivity index (χ0v) is 40.4. The first-order chi connectivity index (χ1) is 30.0. The predicted octanol–water partition coefficient (Wildman–Crippen LogP) is 17.1. The molecule has 0 saturated heterocycles. The second-order valence-corrected chi connectivity index (χ2v) is 17.5. The number of carbonyl (C=O) groups is 3. The highest BCUT2D eigenvalue weighted by Crippen LogP contribution is 2.14. The van der Waals surface area contributed by atoms with E-state index in [9.17, 15) is 14.4 Å². The Balaban J connectivity index is 4.32. The Bertz CT molecular complexity index is 1070. The molecule has 0 aromatic rings. The van der Waals surface area contributed by atoms with Crippen LogP contribution < -0.4 is 0 Å². The molecule has 354 valence electrons. The molecule has 0 aliphatic rings. The minimum absolute atomic E-state index is 0.0880. The molecule has 0 fully saturated rings. The third-order valence-electron chi connectivity index (χ3n) is 11.3. The lowest BCUT2D eigenvalue weighted by Crippen LogP contribution is -2.30. The van der Waals surface area contributed by atoms with Crippen molar-refractivity contribution in [2.24, 2.45) is 0 Å². The standard InChI is InChI=1S/C55H98O6/c1-4-7-10-13-16-19-21-23-25-26-27-28-30-31-33-36-39-42-45-48-54(57)60-51-52(50-59-53(56)47-44-41-38-35-18-15-12-9-6-3)61-55(58)49-46-43-40-37-34-32-29-24-22-20-17-14-11-8-5-2/h17,20,22,24,26-27,35,38,52H,4-16,18-19,21,23,25,28-34,36-37,39-51H2,1-3H3/b20-17-,24-22-,27-26-,38-35-. The van der Waals surface area contributed by atoms with Crippen molar-refractivity contribution >= 4 is 17.9 Å². The molecule has 0 aliphatic heterocycles. The van der Waals surface area contributed by atoms with Crippen molar-refractivity contribution in [2.45, 2.75) is 271 Å². The monoisotopic (exact) mass is 855 g/mol. The van der Waals surface area contributed by atoms with Crippen LogP contribution in [0.25, 0.3) is 0 Å². The summed E-state index contributed by atoms with van der Waals surface area (Å²) >= 11 is 0. The van der Waals surface area contributed by atoms with E-state index in [1.54, 1.807) is 0 Å². The first-order valence-electron chi connectivity index (χ1n) is 26.2. The van der Waals surface area contributed by atoms with Crippen molar-refractivity contribution in [2.75, 3.05) is 13.2 Å². The van der Waals surface area contributed by atoms with Crippen molar-refractivity contribution in [1.82, 2.24) is 0 Å². The molecule has 0 aliphatic carbocycles. The first kappa shape index (κ1) is 58.4. The van der Waals surface area contributed by atoms with Gasteiger partial charge in [-0.3, -0.25) is 14.4 Å². The molecule has 61 heavy (non-hydrogen) atoms. The van der Waals surface area contributed by atoms with Crippen molar-refractivity contribution in [3.05, 3.63) is 48.6 Å². The van der Waals surface area contributed by atoms with Gasteiger partial charge in [-0.25, -0.2) is 0 Å². The number of esters is 3. The summed E-state index contributed by atoms with van der Waals surface area (Å²) in [5, 5.41) is 0. The van der Waals surface area contributed by atoms with Crippen molar-refractivity contribution in [1.29, 1.82) is 0 Å². The molecule has 0 saturated carbocycles. The minimum Gasteiger partial charge on any atom is -0.462 e. The lowest BCUT2D eigenvalue weighted by Gasteiger charge is -2.18. The van der Waals surface area contributed by atoms with Crippen LogP contribution in [0.1, 0.15) is 265 Å². The minimum atomic E-state index is -0.789. The van der Waals surface area contributed by atoms with Crippen molar-refractivity contribution in [3.63, 3.8) is 0 Å². The molecule has 0 aromatic carbocycles. The van der Waals surface area contributed by atoms with Gasteiger partial charge >= 0.3 is 17.9 Å². The van der Waals surface area contributed by atoms with Gasteiger partial charge in [0, 0.05) is 19.3 Å². The summed E-state index contributed by atoms with van der Waals surface area (Å²) in [6.45, 7) is 6.55. The Hall–Kier alpha value is -2.63. The molecule has 1 unspecified atom stereocenters. The Morgan fingerprint density at radius 1 is 0.328 bits per heavy atom. The van der Waals surface area contributed by atoms with E-state index in [-0.39, 0.29) is 31.1 Å². The molecule has 6 heteroatoms. The Morgan fingerprint density at radius 2 is 0.607 bits per heavy atom. The van der Waals surface area contributed by atoms with Gasteiger partial charge in [-0.15, -0.1) is 0 Å². The zero-order chi connectivity index (χ0) is 44.4. The van der Waals surface area contributed by atoms with Crippen LogP contribution in [0, 0.1) is 0 Å². The Labute approximate surface area is 378 Å². The van der Waals surface area contributed by atoms with Crippen LogP contribution in [-0.4, -0.2) is 37.2 Å². The van der Waals surface area contributed by atoms with Gasteiger partial charge in [0.05, 0.1) is 0 Å². The third kappa shape index (κ3) is 48.3. The van der Waals surface area contributed by atoms with Gasteiger partial charge in [-0.05, 0) is 89.9 Å². The lowest BCUT2D eigenvalue weighted by atomic mass is 10.1. The first-order valence-corrected chi connectivity index (χ1v) is 26.2. The Kier molecular flexibility index (Phi) is 47.9. The average Bonchev–Trinajstić information content (AvgIpc) is 3.26. The molecule has 0 spiro atoms. The van der Waals surface area contributed by atoms with E-state index in [2.05, 4.69) is 69.4 Å². The molecule has 0 aromatic heterocycles. The molecule has 0 amide bonds. The molecule has 1 atom stereocenters. The van der Waals surface area contributed by atoms with Crippen LogP contribution in [0.5, 0.6) is 0 Å². The molecule has 0 radical (unpaired) electrons. The largest absolute Gasteiger partial charge is 0.462 e. The third-order valence-corrected chi connectivity index (χ3v) is 11.3. The molecule has 0 bridgehead atoms. The van der Waals surface area contributed by atoms with Gasteiger partial charge in [-0.2, -0.15) is 0 Å². The Morgan fingerprint density at radius 3 is 1.03 bits per heavy atom. The summed E-state index contributed by atoms with van der Waals surface area (Å²) in [7, 11) is 0. The molecule has 0 N–H and O–H groups in total. The van der Waals surface area contributed by atoms with Crippen LogP contribution in [0.2, 0.25) is 0 Å².